The number of ether oxygens (including phenoxy) is 4. The summed E-state index contributed by atoms with van der Waals surface area (Å²) in [6.45, 7) is 3.75. The summed E-state index contributed by atoms with van der Waals surface area (Å²) < 4.78 is 20.6. The van der Waals surface area contributed by atoms with Crippen LogP contribution in [0.1, 0.15) is 21.5 Å². The SMILES string of the molecule is C=CCOC(=O)c1cc(NC(=O)OCCc2ccccc2)ccc1OC(=O)OCCc1ccccc1. The van der Waals surface area contributed by atoms with Gasteiger partial charge in [-0.05, 0) is 29.3 Å². The van der Waals surface area contributed by atoms with E-state index in [4.69, 9.17) is 18.9 Å². The highest BCUT2D eigenvalue weighted by molar-refractivity contribution is 5.96. The third-order valence-electron chi connectivity index (χ3n) is 4.89. The molecule has 0 aliphatic heterocycles. The quantitative estimate of drug-likeness (QED) is 0.162. The molecule has 36 heavy (non-hydrogen) atoms. The molecule has 0 heterocycles. The van der Waals surface area contributed by atoms with E-state index in [2.05, 4.69) is 11.9 Å². The Morgan fingerprint density at radius 3 is 2.00 bits per heavy atom. The first-order chi connectivity index (χ1) is 17.5. The van der Waals surface area contributed by atoms with Gasteiger partial charge in [-0.25, -0.2) is 14.4 Å². The second kappa shape index (κ2) is 14.0. The first-order valence-electron chi connectivity index (χ1n) is 11.3. The molecule has 0 spiro atoms. The Morgan fingerprint density at radius 2 is 1.39 bits per heavy atom. The summed E-state index contributed by atoms with van der Waals surface area (Å²) in [5.41, 5.74) is 2.23. The molecule has 0 aliphatic carbocycles. The van der Waals surface area contributed by atoms with Gasteiger partial charge in [0.1, 0.15) is 17.9 Å². The molecule has 0 unspecified atom stereocenters. The van der Waals surface area contributed by atoms with Gasteiger partial charge in [0, 0.05) is 18.5 Å². The molecule has 0 fully saturated rings. The average Bonchev–Trinajstić information content (AvgIpc) is 2.89. The van der Waals surface area contributed by atoms with Gasteiger partial charge in [0.25, 0.3) is 0 Å². The van der Waals surface area contributed by atoms with Gasteiger partial charge in [0.2, 0.25) is 0 Å². The van der Waals surface area contributed by atoms with Gasteiger partial charge < -0.3 is 18.9 Å². The van der Waals surface area contributed by atoms with E-state index in [1.54, 1.807) is 0 Å². The number of rotatable bonds is 11. The van der Waals surface area contributed by atoms with Crippen molar-refractivity contribution in [2.75, 3.05) is 25.1 Å². The first-order valence-corrected chi connectivity index (χ1v) is 11.3. The number of hydrogen-bond donors (Lipinski definition) is 1. The molecule has 0 radical (unpaired) electrons. The first kappa shape index (κ1) is 26.0. The topological polar surface area (TPSA) is 100 Å². The van der Waals surface area contributed by atoms with E-state index in [1.165, 1.54) is 24.3 Å². The van der Waals surface area contributed by atoms with Crippen LogP contribution < -0.4 is 10.1 Å². The Hall–Kier alpha value is -4.59. The van der Waals surface area contributed by atoms with Gasteiger partial charge in [-0.3, -0.25) is 5.32 Å². The number of anilines is 1. The van der Waals surface area contributed by atoms with Gasteiger partial charge in [0.15, 0.2) is 0 Å². The van der Waals surface area contributed by atoms with Crippen molar-refractivity contribution in [3.63, 3.8) is 0 Å². The van der Waals surface area contributed by atoms with Crippen LogP contribution in [0.25, 0.3) is 0 Å². The molecule has 3 rings (SSSR count). The number of hydrogen-bond acceptors (Lipinski definition) is 7. The molecule has 0 bridgehead atoms. The minimum absolute atomic E-state index is 0.0427. The normalized spacial score (nSPS) is 10.1. The van der Waals surface area contributed by atoms with Gasteiger partial charge in [0.05, 0.1) is 13.2 Å². The highest BCUT2D eigenvalue weighted by Gasteiger charge is 2.19. The third-order valence-corrected chi connectivity index (χ3v) is 4.89. The van der Waals surface area contributed by atoms with Crippen LogP contribution in [0.2, 0.25) is 0 Å². The van der Waals surface area contributed by atoms with E-state index in [0.717, 1.165) is 11.1 Å². The average molecular weight is 490 g/mol. The zero-order chi connectivity index (χ0) is 25.6. The highest BCUT2D eigenvalue weighted by atomic mass is 16.7. The summed E-state index contributed by atoms with van der Waals surface area (Å²) in [5.74, 6) is -0.833. The molecule has 8 heteroatoms. The fourth-order valence-corrected chi connectivity index (χ4v) is 3.14. The minimum Gasteiger partial charge on any atom is -0.458 e. The largest absolute Gasteiger partial charge is 0.513 e. The predicted molar refractivity (Wildman–Crippen MR) is 134 cm³/mol. The van der Waals surface area contributed by atoms with Gasteiger partial charge >= 0.3 is 18.2 Å². The van der Waals surface area contributed by atoms with E-state index in [9.17, 15) is 14.4 Å². The molecular formula is C28H27NO7. The Labute approximate surface area is 209 Å². The number of carbonyl (C=O) groups excluding carboxylic acids is 3. The van der Waals surface area contributed by atoms with Gasteiger partial charge in [-0.1, -0.05) is 73.3 Å². The summed E-state index contributed by atoms with van der Waals surface area (Å²) in [6.07, 6.45) is 0.823. The number of carbonyl (C=O) groups is 3. The van der Waals surface area contributed by atoms with Crippen molar-refractivity contribution in [2.45, 2.75) is 12.8 Å². The highest BCUT2D eigenvalue weighted by Crippen LogP contribution is 2.25. The maximum absolute atomic E-state index is 12.5. The molecule has 186 valence electrons. The molecule has 1 amide bonds. The Bertz CT molecular complexity index is 1160. The molecule has 3 aromatic carbocycles. The molecule has 0 aromatic heterocycles. The fraction of sp³-hybridized carbons (Fsp3) is 0.179. The molecule has 0 atom stereocenters. The van der Waals surface area contributed by atoms with Crippen LogP contribution in [0.15, 0.2) is 91.5 Å². The lowest BCUT2D eigenvalue weighted by Gasteiger charge is -2.12. The molecule has 0 saturated heterocycles. The van der Waals surface area contributed by atoms with Crippen molar-refractivity contribution in [1.82, 2.24) is 0 Å². The fourth-order valence-electron chi connectivity index (χ4n) is 3.14. The Balaban J connectivity index is 1.59. The monoisotopic (exact) mass is 489 g/mol. The van der Waals surface area contributed by atoms with Crippen LogP contribution in [0.4, 0.5) is 15.3 Å². The lowest BCUT2D eigenvalue weighted by atomic mass is 10.1. The second-order valence-corrected chi connectivity index (χ2v) is 7.53. The molecule has 0 aliphatic rings. The van der Waals surface area contributed by atoms with Gasteiger partial charge in [-0.2, -0.15) is 0 Å². The van der Waals surface area contributed by atoms with Crippen LogP contribution in [-0.2, 0) is 27.1 Å². The Kier molecular flexibility index (Phi) is 10.1. The second-order valence-electron chi connectivity index (χ2n) is 7.53. The minimum atomic E-state index is -0.968. The smallest absolute Gasteiger partial charge is 0.458 e. The van der Waals surface area contributed by atoms with E-state index in [0.29, 0.717) is 12.8 Å². The Morgan fingerprint density at radius 1 is 0.778 bits per heavy atom. The zero-order valence-corrected chi connectivity index (χ0v) is 19.7. The van der Waals surface area contributed by atoms with Crippen molar-refractivity contribution in [1.29, 1.82) is 0 Å². The number of amides is 1. The zero-order valence-electron chi connectivity index (χ0n) is 19.7. The maximum Gasteiger partial charge on any atom is 0.513 e. The summed E-state index contributed by atoms with van der Waals surface area (Å²) in [6, 6.07) is 23.3. The summed E-state index contributed by atoms with van der Waals surface area (Å²) in [7, 11) is 0. The van der Waals surface area contributed by atoms with Crippen molar-refractivity contribution in [3.8, 4) is 5.75 Å². The van der Waals surface area contributed by atoms with E-state index < -0.39 is 18.2 Å². The number of esters is 1. The maximum atomic E-state index is 12.5. The third kappa shape index (κ3) is 8.64. The van der Waals surface area contributed by atoms with E-state index in [-0.39, 0.29) is 36.8 Å². The molecule has 1 N–H and O–H groups in total. The van der Waals surface area contributed by atoms with Crippen molar-refractivity contribution < 1.29 is 33.3 Å². The molecular weight excluding hydrogens is 462 g/mol. The molecule has 0 saturated carbocycles. The van der Waals surface area contributed by atoms with Crippen LogP contribution >= 0.6 is 0 Å². The molecule has 8 nitrogen and oxygen atoms in total. The van der Waals surface area contributed by atoms with Crippen molar-refractivity contribution in [3.05, 3.63) is 108 Å². The summed E-state index contributed by atoms with van der Waals surface area (Å²) in [5, 5.41) is 2.55. The van der Waals surface area contributed by atoms with E-state index in [1.807, 2.05) is 60.7 Å². The summed E-state index contributed by atoms with van der Waals surface area (Å²) >= 11 is 0. The lowest BCUT2D eigenvalue weighted by molar-refractivity contribution is 0.0544. The number of nitrogens with one attached hydrogen (secondary N) is 1. The lowest BCUT2D eigenvalue weighted by Crippen LogP contribution is -2.17. The molecule has 3 aromatic rings. The van der Waals surface area contributed by atoms with Crippen molar-refractivity contribution >= 4 is 23.9 Å². The number of benzene rings is 3. The van der Waals surface area contributed by atoms with Crippen LogP contribution in [0.3, 0.4) is 0 Å². The standard InChI is InChI=1S/C28H27NO7/c1-2-17-33-26(30)24-20-23(29-27(31)34-18-15-21-9-5-3-6-10-21)13-14-25(24)36-28(32)35-19-16-22-11-7-4-8-12-22/h2-14,20H,1,15-19H2,(H,29,31). The summed E-state index contributed by atoms with van der Waals surface area (Å²) in [4.78, 5) is 36.9. The van der Waals surface area contributed by atoms with E-state index >= 15 is 0 Å². The van der Waals surface area contributed by atoms with Crippen LogP contribution in [-0.4, -0.2) is 38.0 Å². The van der Waals surface area contributed by atoms with Gasteiger partial charge in [-0.15, -0.1) is 0 Å². The van der Waals surface area contributed by atoms with Crippen LogP contribution in [0, 0.1) is 0 Å². The predicted octanol–water partition coefficient (Wildman–Crippen LogP) is 5.58. The van der Waals surface area contributed by atoms with Crippen molar-refractivity contribution in [2.24, 2.45) is 0 Å². The van der Waals surface area contributed by atoms with Crippen LogP contribution in [0.5, 0.6) is 5.75 Å².